The highest BCUT2D eigenvalue weighted by Crippen LogP contribution is 2.13. The molecule has 1 heterocycles. The highest BCUT2D eigenvalue weighted by molar-refractivity contribution is 7.13. The average molecular weight is 273 g/mol. The Morgan fingerprint density at radius 2 is 2.28 bits per heavy atom. The monoisotopic (exact) mass is 273 g/mol. The maximum Gasteiger partial charge on any atom is 0.534 e. The van der Waals surface area contributed by atoms with Gasteiger partial charge in [0.1, 0.15) is 5.69 Å². The van der Waals surface area contributed by atoms with Crippen molar-refractivity contribution in [2.75, 3.05) is 19.5 Å². The number of anilines is 1. The third-order valence-corrected chi connectivity index (χ3v) is 2.29. The first kappa shape index (κ1) is 13.9. The molecular weight excluding hydrogens is 262 g/mol. The Balaban J connectivity index is 2.95. The molecule has 0 aliphatic rings. The predicted molar refractivity (Wildman–Crippen MR) is 63.2 cm³/mol. The molecule has 2 N–H and O–H groups in total. The fourth-order valence-electron chi connectivity index (χ4n) is 0.905. The molecule has 0 amide bonds. The zero-order chi connectivity index (χ0) is 13.5. The van der Waals surface area contributed by atoms with Gasteiger partial charge in [-0.2, -0.15) is 0 Å². The molecule has 1 aromatic heterocycles. The summed E-state index contributed by atoms with van der Waals surface area (Å²) in [7, 11) is 1.11. The number of carbonyl (C=O) groups is 2. The average Bonchev–Trinajstić information content (AvgIpc) is 2.76. The Hall–Kier alpha value is -2.16. The molecule has 0 fully saturated rings. The molecule has 0 aromatic carbocycles. The van der Waals surface area contributed by atoms with Gasteiger partial charge in [0.25, 0.3) is 0 Å². The summed E-state index contributed by atoms with van der Waals surface area (Å²) in [4.78, 5) is 30.6. The summed E-state index contributed by atoms with van der Waals surface area (Å²) >= 11 is 1.11. The van der Waals surface area contributed by atoms with Crippen molar-refractivity contribution >= 4 is 34.3 Å². The summed E-state index contributed by atoms with van der Waals surface area (Å²) in [5, 5.41) is 5.09. The van der Waals surface area contributed by atoms with Gasteiger partial charge in [-0.1, -0.05) is 5.16 Å². The summed E-state index contributed by atoms with van der Waals surface area (Å²) < 4.78 is 8.97. The van der Waals surface area contributed by atoms with Crippen molar-refractivity contribution < 1.29 is 23.9 Å². The van der Waals surface area contributed by atoms with Crippen molar-refractivity contribution in [1.29, 1.82) is 0 Å². The van der Waals surface area contributed by atoms with Crippen LogP contribution < -0.4 is 5.73 Å². The number of thiazole rings is 1. The Morgan fingerprint density at radius 1 is 1.56 bits per heavy atom. The maximum absolute atomic E-state index is 11.6. The minimum atomic E-state index is -1.06. The number of aromatic nitrogens is 1. The number of nitrogens with two attached hydrogens (primary N) is 1. The van der Waals surface area contributed by atoms with Crippen LogP contribution >= 0.6 is 11.3 Å². The highest BCUT2D eigenvalue weighted by Gasteiger charge is 2.20. The summed E-state index contributed by atoms with van der Waals surface area (Å²) in [6.45, 7) is 1.78. The van der Waals surface area contributed by atoms with E-state index in [2.05, 4.69) is 19.7 Å². The van der Waals surface area contributed by atoms with Gasteiger partial charge < -0.3 is 15.2 Å². The first-order valence-corrected chi connectivity index (χ1v) is 5.67. The molecule has 0 spiro atoms. The molecule has 1 aromatic rings. The minimum Gasteiger partial charge on any atom is -0.461 e. The van der Waals surface area contributed by atoms with Gasteiger partial charge in [0.15, 0.2) is 5.13 Å². The predicted octanol–water partition coefficient (Wildman–Crippen LogP) is 0.776. The topological polar surface area (TPSA) is 113 Å². The second-order valence-corrected chi connectivity index (χ2v) is 3.67. The zero-order valence-corrected chi connectivity index (χ0v) is 10.5. The largest absolute Gasteiger partial charge is 0.534 e. The van der Waals surface area contributed by atoms with Crippen LogP contribution in [0.1, 0.15) is 12.6 Å². The van der Waals surface area contributed by atoms with Crippen molar-refractivity contribution in [3.63, 3.8) is 0 Å². The van der Waals surface area contributed by atoms with Crippen LogP contribution in [0.5, 0.6) is 0 Å². The second-order valence-electron chi connectivity index (χ2n) is 2.78. The van der Waals surface area contributed by atoms with Crippen LogP contribution in [-0.2, 0) is 19.1 Å². The molecule has 0 bridgehead atoms. The van der Waals surface area contributed by atoms with E-state index in [0.717, 1.165) is 18.4 Å². The van der Waals surface area contributed by atoms with Gasteiger partial charge >= 0.3 is 12.1 Å². The smallest absolute Gasteiger partial charge is 0.461 e. The van der Waals surface area contributed by atoms with E-state index >= 15 is 0 Å². The molecule has 0 atom stereocenters. The lowest BCUT2D eigenvalue weighted by atomic mass is 10.3. The van der Waals surface area contributed by atoms with Crippen molar-refractivity contribution in [3.05, 3.63) is 11.1 Å². The molecule has 98 valence electrons. The summed E-state index contributed by atoms with van der Waals surface area (Å²) in [6.07, 6.45) is -1.06. The van der Waals surface area contributed by atoms with Crippen LogP contribution in [0.15, 0.2) is 10.5 Å². The molecule has 0 aliphatic carbocycles. The molecule has 18 heavy (non-hydrogen) atoms. The van der Waals surface area contributed by atoms with E-state index in [1.54, 1.807) is 6.92 Å². The standard InChI is InChI=1S/C9H11N3O5S/c1-3-16-7(13)6(12-17-9(14)15-2)5-4-18-8(10)11-5/h4H,3H2,1-2H3,(H2,10,11). The van der Waals surface area contributed by atoms with Crippen LogP contribution in [0.3, 0.4) is 0 Å². The van der Waals surface area contributed by atoms with E-state index in [0.29, 0.717) is 0 Å². The van der Waals surface area contributed by atoms with Gasteiger partial charge in [0, 0.05) is 5.38 Å². The van der Waals surface area contributed by atoms with Crippen LogP contribution in [0.25, 0.3) is 0 Å². The van der Waals surface area contributed by atoms with Gasteiger partial charge in [-0.15, -0.1) is 11.3 Å². The first-order chi connectivity index (χ1) is 8.58. The fraction of sp³-hybridized carbons (Fsp3) is 0.333. The second kappa shape index (κ2) is 6.55. The summed E-state index contributed by atoms with van der Waals surface area (Å²) in [5.74, 6) is -0.772. The quantitative estimate of drug-likeness (QED) is 0.373. The molecule has 8 nitrogen and oxygen atoms in total. The highest BCUT2D eigenvalue weighted by atomic mass is 32.1. The van der Waals surface area contributed by atoms with Crippen molar-refractivity contribution in [1.82, 2.24) is 4.98 Å². The molecule has 0 radical (unpaired) electrons. The number of rotatable bonds is 4. The molecular formula is C9H11N3O5S. The molecule has 0 saturated heterocycles. The maximum atomic E-state index is 11.6. The minimum absolute atomic E-state index is 0.149. The third-order valence-electron chi connectivity index (χ3n) is 1.61. The van der Waals surface area contributed by atoms with Crippen LogP contribution in [0, 0.1) is 0 Å². The van der Waals surface area contributed by atoms with Crippen LogP contribution in [0.4, 0.5) is 9.93 Å². The SMILES string of the molecule is CCOC(=O)C(=NOC(=O)OC)c1csc(N)n1. The normalized spacial score (nSPS) is 10.9. The molecule has 0 aliphatic heterocycles. The van der Waals surface area contributed by atoms with Crippen molar-refractivity contribution in [2.24, 2.45) is 5.16 Å². The van der Waals surface area contributed by atoms with Gasteiger partial charge in [0.2, 0.25) is 5.71 Å². The van der Waals surface area contributed by atoms with E-state index in [1.165, 1.54) is 5.38 Å². The number of nitrogen functional groups attached to an aromatic ring is 1. The lowest BCUT2D eigenvalue weighted by molar-refractivity contribution is -0.135. The van der Waals surface area contributed by atoms with Crippen LogP contribution in [-0.4, -0.2) is 36.5 Å². The third kappa shape index (κ3) is 3.70. The van der Waals surface area contributed by atoms with Gasteiger partial charge in [-0.3, -0.25) is 4.84 Å². The number of hydrogen-bond donors (Lipinski definition) is 1. The van der Waals surface area contributed by atoms with Crippen LogP contribution in [0.2, 0.25) is 0 Å². The molecule has 0 unspecified atom stereocenters. The Labute approximate surface area is 106 Å². The molecule has 9 heteroatoms. The number of esters is 1. The number of hydrogen-bond acceptors (Lipinski definition) is 9. The Morgan fingerprint density at radius 3 is 2.78 bits per heavy atom. The first-order valence-electron chi connectivity index (χ1n) is 4.80. The Kier molecular flexibility index (Phi) is 5.06. The van der Waals surface area contributed by atoms with E-state index in [1.807, 2.05) is 0 Å². The number of nitrogens with zero attached hydrogens (tertiary/aromatic N) is 2. The number of ether oxygens (including phenoxy) is 2. The van der Waals surface area contributed by atoms with Gasteiger partial charge in [-0.05, 0) is 6.92 Å². The summed E-state index contributed by atoms with van der Waals surface area (Å²) in [6, 6.07) is 0. The van der Waals surface area contributed by atoms with E-state index in [4.69, 9.17) is 10.5 Å². The molecule has 1 rings (SSSR count). The van der Waals surface area contributed by atoms with Gasteiger partial charge in [0.05, 0.1) is 13.7 Å². The van der Waals surface area contributed by atoms with E-state index in [-0.39, 0.29) is 23.1 Å². The Bertz CT molecular complexity index is 471. The molecule has 0 saturated carbocycles. The fourth-order valence-corrected chi connectivity index (χ4v) is 1.45. The van der Waals surface area contributed by atoms with Gasteiger partial charge in [-0.25, -0.2) is 14.6 Å². The summed E-state index contributed by atoms with van der Waals surface area (Å²) in [5.41, 5.74) is 5.35. The van der Waals surface area contributed by atoms with E-state index in [9.17, 15) is 9.59 Å². The zero-order valence-electron chi connectivity index (χ0n) is 9.71. The van der Waals surface area contributed by atoms with E-state index < -0.39 is 12.1 Å². The van der Waals surface area contributed by atoms with Crippen molar-refractivity contribution in [3.8, 4) is 0 Å². The number of oxime groups is 1. The lowest BCUT2D eigenvalue weighted by Gasteiger charge is -2.02. The lowest BCUT2D eigenvalue weighted by Crippen LogP contribution is -2.20. The van der Waals surface area contributed by atoms with Crippen molar-refractivity contribution in [2.45, 2.75) is 6.92 Å². The number of methoxy groups -OCH3 is 1. The number of carbonyl (C=O) groups excluding carboxylic acids is 2.